The van der Waals surface area contributed by atoms with Crippen LogP contribution in [0.4, 0.5) is 0 Å². The molecule has 0 radical (unpaired) electrons. The van der Waals surface area contributed by atoms with E-state index in [1.54, 1.807) is 11.0 Å². The summed E-state index contributed by atoms with van der Waals surface area (Å²) < 4.78 is 5.90. The molecule has 2 aromatic rings. The smallest absolute Gasteiger partial charge is 0.345 e. The van der Waals surface area contributed by atoms with Gasteiger partial charge in [-0.15, -0.1) is 11.3 Å². The number of ether oxygens (including phenoxy) is 1. The van der Waals surface area contributed by atoms with Crippen molar-refractivity contribution in [1.82, 2.24) is 4.90 Å². The summed E-state index contributed by atoms with van der Waals surface area (Å²) in [4.78, 5) is 25.8. The van der Waals surface area contributed by atoms with Gasteiger partial charge in [0.1, 0.15) is 4.88 Å². The molecule has 25 heavy (non-hydrogen) atoms. The van der Waals surface area contributed by atoms with Crippen molar-refractivity contribution in [3.8, 4) is 0 Å². The van der Waals surface area contributed by atoms with E-state index in [0.717, 1.165) is 30.6 Å². The second-order valence-corrected chi connectivity index (χ2v) is 7.17. The predicted molar refractivity (Wildman–Crippen MR) is 96.3 cm³/mol. The number of carboxylic acids is 1. The van der Waals surface area contributed by atoms with Crippen molar-refractivity contribution < 1.29 is 19.4 Å². The van der Waals surface area contributed by atoms with Crippen molar-refractivity contribution in [2.45, 2.75) is 25.4 Å². The van der Waals surface area contributed by atoms with Gasteiger partial charge in [0.05, 0.1) is 11.0 Å². The molecule has 0 spiro atoms. The molecule has 5 nitrogen and oxygen atoms in total. The van der Waals surface area contributed by atoms with Crippen LogP contribution in [0.2, 0.25) is 0 Å². The van der Waals surface area contributed by atoms with Crippen LogP contribution >= 0.6 is 11.3 Å². The van der Waals surface area contributed by atoms with Crippen LogP contribution in [-0.2, 0) is 11.2 Å². The Hall–Kier alpha value is -2.18. The number of rotatable bonds is 7. The summed E-state index contributed by atoms with van der Waals surface area (Å²) in [6.07, 6.45) is 2.84. The standard InChI is InChI=1S/C19H21NO4S/c21-18(16-8-9-17(25-16)19(22)23)20-11-10-15(13-20)24-12-4-7-14-5-2-1-3-6-14/h1-3,5-6,8-9,15H,4,7,10-13H2,(H,22,23). The number of aromatic carboxylic acids is 1. The molecule has 0 bridgehead atoms. The van der Waals surface area contributed by atoms with Crippen LogP contribution in [0.25, 0.3) is 0 Å². The van der Waals surface area contributed by atoms with Crippen molar-refractivity contribution in [3.63, 3.8) is 0 Å². The number of likely N-dealkylation sites (tertiary alicyclic amines) is 1. The first kappa shape index (κ1) is 17.6. The first-order valence-electron chi connectivity index (χ1n) is 8.41. The number of aryl methyl sites for hydroxylation is 1. The van der Waals surface area contributed by atoms with Crippen LogP contribution in [0.3, 0.4) is 0 Å². The maximum absolute atomic E-state index is 12.4. The van der Waals surface area contributed by atoms with Crippen LogP contribution in [0.5, 0.6) is 0 Å². The Labute approximate surface area is 150 Å². The molecule has 1 aliphatic heterocycles. The lowest BCUT2D eigenvalue weighted by atomic mass is 10.1. The van der Waals surface area contributed by atoms with Gasteiger partial charge in [-0.3, -0.25) is 4.79 Å². The SMILES string of the molecule is O=C(O)c1ccc(C(=O)N2CCC(OCCCc3ccccc3)C2)s1. The lowest BCUT2D eigenvalue weighted by Gasteiger charge is -2.16. The minimum absolute atomic E-state index is 0.0682. The third-order valence-electron chi connectivity index (χ3n) is 4.27. The highest BCUT2D eigenvalue weighted by molar-refractivity contribution is 7.15. The van der Waals surface area contributed by atoms with E-state index in [9.17, 15) is 9.59 Å². The molecule has 1 unspecified atom stereocenters. The molecule has 1 N–H and O–H groups in total. The summed E-state index contributed by atoms with van der Waals surface area (Å²) >= 11 is 1.02. The molecule has 2 heterocycles. The number of amides is 1. The number of nitrogens with zero attached hydrogens (tertiary/aromatic N) is 1. The van der Waals surface area contributed by atoms with Gasteiger partial charge in [-0.25, -0.2) is 4.79 Å². The van der Waals surface area contributed by atoms with Crippen LogP contribution in [0.1, 0.15) is 37.7 Å². The van der Waals surface area contributed by atoms with E-state index < -0.39 is 5.97 Å². The van der Waals surface area contributed by atoms with Crippen molar-refractivity contribution in [3.05, 3.63) is 57.8 Å². The molecular weight excluding hydrogens is 338 g/mol. The highest BCUT2D eigenvalue weighted by Gasteiger charge is 2.28. The fraction of sp³-hybridized carbons (Fsp3) is 0.368. The third kappa shape index (κ3) is 4.67. The topological polar surface area (TPSA) is 66.8 Å². The van der Waals surface area contributed by atoms with Gasteiger partial charge in [0.2, 0.25) is 0 Å². The summed E-state index contributed by atoms with van der Waals surface area (Å²) in [6, 6.07) is 13.4. The molecule has 1 aliphatic rings. The number of benzene rings is 1. The molecule has 0 aliphatic carbocycles. The molecule has 1 aromatic carbocycles. The summed E-state index contributed by atoms with van der Waals surface area (Å²) in [5, 5.41) is 8.96. The predicted octanol–water partition coefficient (Wildman–Crippen LogP) is 3.31. The molecule has 1 aromatic heterocycles. The quantitative estimate of drug-likeness (QED) is 0.770. The van der Waals surface area contributed by atoms with Gasteiger partial charge in [0.25, 0.3) is 5.91 Å². The van der Waals surface area contributed by atoms with Crippen molar-refractivity contribution in [2.75, 3.05) is 19.7 Å². The van der Waals surface area contributed by atoms with Crippen LogP contribution < -0.4 is 0 Å². The highest BCUT2D eigenvalue weighted by Crippen LogP contribution is 2.22. The average Bonchev–Trinajstić information content (AvgIpc) is 3.29. The minimum atomic E-state index is -0.995. The van der Waals surface area contributed by atoms with Gasteiger partial charge in [0, 0.05) is 19.7 Å². The Kier molecular flexibility index (Phi) is 5.83. The van der Waals surface area contributed by atoms with Gasteiger partial charge in [-0.05, 0) is 37.0 Å². The Morgan fingerprint density at radius 1 is 1.16 bits per heavy atom. The molecule has 1 saturated heterocycles. The molecule has 3 rings (SSSR count). The number of thiophene rings is 1. The van der Waals surface area contributed by atoms with Crippen LogP contribution in [0, 0.1) is 0 Å². The zero-order valence-electron chi connectivity index (χ0n) is 13.9. The molecular formula is C19H21NO4S. The van der Waals surface area contributed by atoms with Gasteiger partial charge in [0.15, 0.2) is 0 Å². The second-order valence-electron chi connectivity index (χ2n) is 6.09. The number of carboxylic acid groups (broad SMARTS) is 1. The summed E-state index contributed by atoms with van der Waals surface area (Å²) in [6.45, 7) is 1.91. The molecule has 1 amide bonds. The van der Waals surface area contributed by atoms with E-state index in [2.05, 4.69) is 12.1 Å². The van der Waals surface area contributed by atoms with Crippen LogP contribution in [-0.4, -0.2) is 47.7 Å². The average molecular weight is 359 g/mol. The van der Waals surface area contributed by atoms with E-state index in [4.69, 9.17) is 9.84 Å². The summed E-state index contributed by atoms with van der Waals surface area (Å²) in [5.41, 5.74) is 1.31. The molecule has 1 fully saturated rings. The Morgan fingerprint density at radius 2 is 1.92 bits per heavy atom. The zero-order valence-corrected chi connectivity index (χ0v) is 14.7. The largest absolute Gasteiger partial charge is 0.477 e. The van der Waals surface area contributed by atoms with Crippen LogP contribution in [0.15, 0.2) is 42.5 Å². The Balaban J connectivity index is 1.42. The molecule has 6 heteroatoms. The van der Waals surface area contributed by atoms with Crippen molar-refractivity contribution >= 4 is 23.2 Å². The Bertz CT molecular complexity index is 728. The second kappa shape index (κ2) is 8.27. The summed E-state index contributed by atoms with van der Waals surface area (Å²) in [5.74, 6) is -1.10. The molecule has 1 atom stereocenters. The fourth-order valence-corrected chi connectivity index (χ4v) is 3.76. The fourth-order valence-electron chi connectivity index (χ4n) is 2.94. The van der Waals surface area contributed by atoms with E-state index in [0.29, 0.717) is 24.6 Å². The van der Waals surface area contributed by atoms with Gasteiger partial charge >= 0.3 is 5.97 Å². The minimum Gasteiger partial charge on any atom is -0.477 e. The lowest BCUT2D eigenvalue weighted by molar-refractivity contribution is 0.0526. The van der Waals surface area contributed by atoms with Crippen molar-refractivity contribution in [2.24, 2.45) is 0 Å². The maximum atomic E-state index is 12.4. The third-order valence-corrected chi connectivity index (χ3v) is 5.33. The summed E-state index contributed by atoms with van der Waals surface area (Å²) in [7, 11) is 0. The lowest BCUT2D eigenvalue weighted by Crippen LogP contribution is -2.29. The molecule has 0 saturated carbocycles. The first-order valence-corrected chi connectivity index (χ1v) is 9.23. The van der Waals surface area contributed by atoms with E-state index in [-0.39, 0.29) is 16.9 Å². The van der Waals surface area contributed by atoms with E-state index in [1.807, 2.05) is 18.2 Å². The number of hydrogen-bond acceptors (Lipinski definition) is 4. The number of carbonyl (C=O) groups is 2. The Morgan fingerprint density at radius 3 is 2.64 bits per heavy atom. The highest BCUT2D eigenvalue weighted by atomic mass is 32.1. The number of hydrogen-bond donors (Lipinski definition) is 1. The van der Waals surface area contributed by atoms with Crippen molar-refractivity contribution in [1.29, 1.82) is 0 Å². The van der Waals surface area contributed by atoms with E-state index >= 15 is 0 Å². The van der Waals surface area contributed by atoms with Gasteiger partial charge < -0.3 is 14.7 Å². The monoisotopic (exact) mass is 359 g/mol. The first-order chi connectivity index (χ1) is 12.1. The number of carbonyl (C=O) groups excluding carboxylic acids is 1. The van der Waals surface area contributed by atoms with Gasteiger partial charge in [-0.1, -0.05) is 30.3 Å². The zero-order chi connectivity index (χ0) is 17.6. The van der Waals surface area contributed by atoms with Gasteiger partial charge in [-0.2, -0.15) is 0 Å². The molecule has 132 valence electrons. The maximum Gasteiger partial charge on any atom is 0.345 e. The van der Waals surface area contributed by atoms with E-state index in [1.165, 1.54) is 11.6 Å². The normalized spacial score (nSPS) is 17.0.